The Morgan fingerprint density at radius 1 is 0.893 bits per heavy atom. The van der Waals surface area contributed by atoms with Gasteiger partial charge in [0.1, 0.15) is 6.10 Å². The van der Waals surface area contributed by atoms with Crippen LogP contribution in [0.3, 0.4) is 0 Å². The molecule has 0 aromatic heterocycles. The van der Waals surface area contributed by atoms with E-state index in [0.717, 1.165) is 0 Å². The maximum atomic E-state index is 13.2. The topological polar surface area (TPSA) is 52.6 Å². The lowest BCUT2D eigenvalue weighted by Gasteiger charge is -2.31. The molecule has 0 fully saturated rings. The molecule has 0 atom stereocenters. The van der Waals surface area contributed by atoms with Crippen molar-refractivity contribution in [1.29, 1.82) is 0 Å². The molecule has 0 saturated heterocycles. The van der Waals surface area contributed by atoms with Crippen LogP contribution in [0, 0.1) is 0 Å². The second-order valence-electron chi connectivity index (χ2n) is 5.52. The summed E-state index contributed by atoms with van der Waals surface area (Å²) in [5.74, 6) is -21.2. The molecule has 0 rings (SSSR count). The number of alkyl halides is 8. The van der Waals surface area contributed by atoms with Gasteiger partial charge in [0.15, 0.2) is 6.61 Å². The van der Waals surface area contributed by atoms with Crippen LogP contribution in [-0.2, 0) is 19.1 Å². The van der Waals surface area contributed by atoms with Gasteiger partial charge in [-0.1, -0.05) is 12.2 Å². The summed E-state index contributed by atoms with van der Waals surface area (Å²) >= 11 is 0. The van der Waals surface area contributed by atoms with Crippen LogP contribution in [0.25, 0.3) is 0 Å². The van der Waals surface area contributed by atoms with E-state index in [9.17, 15) is 44.7 Å². The molecule has 0 aromatic rings. The van der Waals surface area contributed by atoms with Crippen LogP contribution in [0.5, 0.6) is 0 Å². The van der Waals surface area contributed by atoms with Gasteiger partial charge in [0.2, 0.25) is 0 Å². The fourth-order valence-electron chi connectivity index (χ4n) is 1.73. The lowest BCUT2D eigenvalue weighted by Crippen LogP contribution is -2.59. The molecule has 0 radical (unpaired) electrons. The smallest absolute Gasteiger partial charge is 0.381 e. The van der Waals surface area contributed by atoms with Crippen LogP contribution in [0.15, 0.2) is 25.3 Å². The lowest BCUT2D eigenvalue weighted by atomic mass is 10.1. The van der Waals surface area contributed by atoms with Crippen molar-refractivity contribution < 1.29 is 54.2 Å². The van der Waals surface area contributed by atoms with Gasteiger partial charge in [-0.25, -0.2) is 8.78 Å². The van der Waals surface area contributed by atoms with E-state index >= 15 is 0 Å². The highest BCUT2D eigenvalue weighted by Crippen LogP contribution is 2.48. The maximum Gasteiger partial charge on any atom is 0.381 e. The van der Waals surface area contributed by atoms with Gasteiger partial charge < -0.3 is 9.47 Å². The summed E-state index contributed by atoms with van der Waals surface area (Å²) in [6, 6.07) is 0. The molecule has 0 N–H and O–H groups in total. The van der Waals surface area contributed by atoms with Crippen LogP contribution in [0.1, 0.15) is 25.7 Å². The van der Waals surface area contributed by atoms with Crippen molar-refractivity contribution in [3.8, 4) is 0 Å². The number of ether oxygens (including phenoxy) is 2. The zero-order valence-corrected chi connectivity index (χ0v) is 14.4. The first-order valence-electron chi connectivity index (χ1n) is 7.71. The van der Waals surface area contributed by atoms with Gasteiger partial charge in [0.25, 0.3) is 0 Å². The van der Waals surface area contributed by atoms with Crippen molar-refractivity contribution in [2.75, 3.05) is 6.61 Å². The van der Waals surface area contributed by atoms with E-state index < -0.39 is 61.7 Å². The van der Waals surface area contributed by atoms with Crippen molar-refractivity contribution in [2.24, 2.45) is 0 Å². The van der Waals surface area contributed by atoms with Crippen molar-refractivity contribution in [2.45, 2.75) is 56.0 Å². The highest BCUT2D eigenvalue weighted by Gasteiger charge is 2.75. The van der Waals surface area contributed by atoms with Gasteiger partial charge in [-0.15, -0.1) is 13.2 Å². The van der Waals surface area contributed by atoms with Crippen molar-refractivity contribution in [3.63, 3.8) is 0 Å². The fraction of sp³-hybridized carbons (Fsp3) is 0.625. The summed E-state index contributed by atoms with van der Waals surface area (Å²) < 4.78 is 110. The molecule has 0 saturated carbocycles. The van der Waals surface area contributed by atoms with Crippen LogP contribution in [0.4, 0.5) is 35.1 Å². The summed E-state index contributed by atoms with van der Waals surface area (Å²) in [7, 11) is 0. The number of hydrogen-bond donors (Lipinski definition) is 0. The zero-order valence-electron chi connectivity index (χ0n) is 14.4. The molecule has 0 aliphatic rings. The number of hydrogen-bond acceptors (Lipinski definition) is 4. The van der Waals surface area contributed by atoms with Gasteiger partial charge in [-0.3, -0.25) is 9.59 Å². The minimum Gasteiger partial charge on any atom is -0.462 e. The molecule has 0 aromatic carbocycles. The molecule has 12 heteroatoms. The first-order valence-corrected chi connectivity index (χ1v) is 7.71. The zero-order chi connectivity index (χ0) is 22.2. The first kappa shape index (κ1) is 25.9. The third kappa shape index (κ3) is 6.79. The Morgan fingerprint density at radius 2 is 1.36 bits per heavy atom. The monoisotopic (exact) mass is 426 g/mol. The Hall–Kier alpha value is -2.14. The Labute approximate surface area is 155 Å². The maximum absolute atomic E-state index is 13.2. The largest absolute Gasteiger partial charge is 0.462 e. The van der Waals surface area contributed by atoms with E-state index in [1.807, 2.05) is 0 Å². The third-order valence-electron chi connectivity index (χ3n) is 3.26. The fourth-order valence-corrected chi connectivity index (χ4v) is 1.73. The summed E-state index contributed by atoms with van der Waals surface area (Å²) in [4.78, 5) is 22.8. The minimum absolute atomic E-state index is 0.252. The second-order valence-corrected chi connectivity index (χ2v) is 5.52. The number of halogens is 8. The summed E-state index contributed by atoms with van der Waals surface area (Å²) in [5, 5.41) is 0. The third-order valence-corrected chi connectivity index (χ3v) is 3.26. The molecule has 4 nitrogen and oxygen atoms in total. The van der Waals surface area contributed by atoms with Gasteiger partial charge in [-0.2, -0.15) is 26.3 Å². The molecule has 0 amide bonds. The van der Waals surface area contributed by atoms with Crippen molar-refractivity contribution >= 4 is 11.9 Å². The SMILES string of the molecule is C=CCC(CC=C)OC(=O)CCC(=O)OCC(F)(F)C(F)(F)C(F)(F)C(F)F. The molecule has 0 bridgehead atoms. The molecular formula is C16H18F8O4. The molecule has 0 spiro atoms. The quantitative estimate of drug-likeness (QED) is 0.247. The average Bonchev–Trinajstić information content (AvgIpc) is 2.58. The molecule has 0 unspecified atom stereocenters. The second kappa shape index (κ2) is 10.4. The number of carbonyl (C=O) groups excluding carboxylic acids is 2. The Bertz CT molecular complexity index is 553. The average molecular weight is 426 g/mol. The normalized spacial score (nSPS) is 12.8. The number of carbonyl (C=O) groups is 2. The number of rotatable bonds is 13. The first-order chi connectivity index (χ1) is 12.7. The highest BCUT2D eigenvalue weighted by atomic mass is 19.4. The van der Waals surface area contributed by atoms with Crippen LogP contribution in [-0.4, -0.2) is 48.8 Å². The lowest BCUT2D eigenvalue weighted by molar-refractivity contribution is -0.344. The molecule has 0 aliphatic carbocycles. The summed E-state index contributed by atoms with van der Waals surface area (Å²) in [5.41, 5.74) is 0. The predicted molar refractivity (Wildman–Crippen MR) is 80.5 cm³/mol. The van der Waals surface area contributed by atoms with Crippen LogP contribution < -0.4 is 0 Å². The van der Waals surface area contributed by atoms with Gasteiger partial charge in [0.05, 0.1) is 12.8 Å². The van der Waals surface area contributed by atoms with Crippen molar-refractivity contribution in [1.82, 2.24) is 0 Å². The van der Waals surface area contributed by atoms with E-state index in [2.05, 4.69) is 17.9 Å². The van der Waals surface area contributed by atoms with E-state index in [1.54, 1.807) is 0 Å². The molecule has 0 heterocycles. The summed E-state index contributed by atoms with van der Waals surface area (Å²) in [6.07, 6.45) is -3.90. The van der Waals surface area contributed by atoms with Crippen LogP contribution >= 0.6 is 0 Å². The standard InChI is InChI=1S/C16H18F8O4/c1-3-5-10(6-4-2)28-12(26)8-7-11(25)27-9-14(19,20)16(23,24)15(21,22)13(17)18/h3-4,10,13H,1-2,5-9H2. The Morgan fingerprint density at radius 3 is 1.79 bits per heavy atom. The van der Waals surface area contributed by atoms with E-state index in [1.165, 1.54) is 12.2 Å². The Balaban J connectivity index is 4.67. The van der Waals surface area contributed by atoms with Crippen molar-refractivity contribution in [3.05, 3.63) is 25.3 Å². The van der Waals surface area contributed by atoms with Gasteiger partial charge in [0, 0.05) is 12.8 Å². The Kier molecular flexibility index (Phi) is 9.62. The van der Waals surface area contributed by atoms with E-state index in [4.69, 9.17) is 4.74 Å². The molecule has 0 aliphatic heterocycles. The van der Waals surface area contributed by atoms with E-state index in [-0.39, 0.29) is 12.8 Å². The number of esters is 2. The minimum atomic E-state index is -6.48. The molecule has 28 heavy (non-hydrogen) atoms. The predicted octanol–water partition coefficient (Wildman–Crippen LogP) is 4.54. The van der Waals surface area contributed by atoms with E-state index in [0.29, 0.717) is 0 Å². The summed E-state index contributed by atoms with van der Waals surface area (Å²) in [6.45, 7) is 4.28. The highest BCUT2D eigenvalue weighted by molar-refractivity contribution is 5.77. The molecular weight excluding hydrogens is 408 g/mol. The van der Waals surface area contributed by atoms with Crippen LogP contribution in [0.2, 0.25) is 0 Å². The van der Waals surface area contributed by atoms with Gasteiger partial charge in [-0.05, 0) is 0 Å². The molecule has 162 valence electrons. The van der Waals surface area contributed by atoms with Gasteiger partial charge >= 0.3 is 36.1 Å².